The number of aliphatic hydroxyl groups is 4. The molecule has 148 valence electrons. The SMILES string of the molecule is CN(C)C1C(O)=CC(=O)C2(O)C(O)=C3C(=O)c4ccccc4C(C)(O)C3CC12. The summed E-state index contributed by atoms with van der Waals surface area (Å²) in [5, 5.41) is 43.9. The van der Waals surface area contributed by atoms with Crippen LogP contribution in [0.5, 0.6) is 0 Å². The topological polar surface area (TPSA) is 118 Å². The lowest BCUT2D eigenvalue weighted by Crippen LogP contribution is -2.63. The van der Waals surface area contributed by atoms with Crippen molar-refractivity contribution in [2.75, 3.05) is 14.1 Å². The molecule has 5 unspecified atom stereocenters. The van der Waals surface area contributed by atoms with Crippen molar-refractivity contribution in [1.82, 2.24) is 4.90 Å². The van der Waals surface area contributed by atoms with Gasteiger partial charge in [-0.25, -0.2) is 0 Å². The zero-order chi connectivity index (χ0) is 20.6. The molecular formula is C21H23NO6. The van der Waals surface area contributed by atoms with Crippen molar-refractivity contribution in [3.8, 4) is 0 Å². The summed E-state index contributed by atoms with van der Waals surface area (Å²) in [6, 6.07) is 5.83. The van der Waals surface area contributed by atoms with Crippen LogP contribution in [0.25, 0.3) is 0 Å². The molecule has 3 aliphatic rings. The van der Waals surface area contributed by atoms with Crippen molar-refractivity contribution >= 4 is 11.6 Å². The van der Waals surface area contributed by atoms with Gasteiger partial charge in [-0.05, 0) is 33.0 Å². The van der Waals surface area contributed by atoms with Crippen LogP contribution in [0, 0.1) is 11.8 Å². The molecule has 0 fully saturated rings. The molecule has 7 heteroatoms. The first-order chi connectivity index (χ1) is 13.0. The van der Waals surface area contributed by atoms with Crippen LogP contribution in [-0.4, -0.2) is 62.6 Å². The van der Waals surface area contributed by atoms with Crippen LogP contribution in [0.4, 0.5) is 0 Å². The Bertz CT molecular complexity index is 959. The van der Waals surface area contributed by atoms with Gasteiger partial charge in [-0.3, -0.25) is 14.5 Å². The van der Waals surface area contributed by atoms with Gasteiger partial charge in [-0.15, -0.1) is 0 Å². The maximum Gasteiger partial charge on any atom is 0.198 e. The van der Waals surface area contributed by atoms with E-state index in [4.69, 9.17) is 0 Å². The fourth-order valence-electron chi connectivity index (χ4n) is 5.14. The highest BCUT2D eigenvalue weighted by Crippen LogP contribution is 2.54. The van der Waals surface area contributed by atoms with Gasteiger partial charge in [0.15, 0.2) is 17.2 Å². The van der Waals surface area contributed by atoms with Crippen molar-refractivity contribution in [3.05, 3.63) is 58.6 Å². The third-order valence-corrected chi connectivity index (χ3v) is 6.53. The zero-order valence-corrected chi connectivity index (χ0v) is 15.9. The van der Waals surface area contributed by atoms with Gasteiger partial charge in [0.25, 0.3) is 0 Å². The largest absolute Gasteiger partial charge is 0.510 e. The van der Waals surface area contributed by atoms with E-state index in [0.717, 1.165) is 6.08 Å². The van der Waals surface area contributed by atoms with Crippen molar-refractivity contribution in [1.29, 1.82) is 0 Å². The number of Topliss-reactive ketones (excluding diaryl/α,β-unsaturated/α-hetero) is 1. The molecule has 3 aliphatic carbocycles. The van der Waals surface area contributed by atoms with E-state index in [1.165, 1.54) is 0 Å². The van der Waals surface area contributed by atoms with Gasteiger partial charge in [0.05, 0.1) is 11.6 Å². The molecule has 0 saturated carbocycles. The Labute approximate surface area is 162 Å². The molecule has 0 bridgehead atoms. The lowest BCUT2D eigenvalue weighted by atomic mass is 9.56. The Balaban J connectivity index is 2.00. The van der Waals surface area contributed by atoms with E-state index in [1.807, 2.05) is 0 Å². The quantitative estimate of drug-likeness (QED) is 0.574. The van der Waals surface area contributed by atoms with E-state index < -0.39 is 46.4 Å². The number of carbonyl (C=O) groups is 2. The number of rotatable bonds is 1. The second-order valence-corrected chi connectivity index (χ2v) is 8.29. The number of hydrogen-bond acceptors (Lipinski definition) is 7. The molecule has 5 atom stereocenters. The Morgan fingerprint density at radius 2 is 1.75 bits per heavy atom. The van der Waals surface area contributed by atoms with Crippen LogP contribution < -0.4 is 0 Å². The first-order valence-electron chi connectivity index (χ1n) is 9.16. The summed E-state index contributed by atoms with van der Waals surface area (Å²) in [6.07, 6.45) is 0.938. The molecule has 0 heterocycles. The maximum atomic E-state index is 13.1. The van der Waals surface area contributed by atoms with Gasteiger partial charge in [0.2, 0.25) is 0 Å². The van der Waals surface area contributed by atoms with E-state index in [0.29, 0.717) is 5.56 Å². The molecule has 0 aliphatic heterocycles. The van der Waals surface area contributed by atoms with Gasteiger partial charge < -0.3 is 20.4 Å². The minimum absolute atomic E-state index is 0.0372. The summed E-state index contributed by atoms with van der Waals surface area (Å²) in [7, 11) is 3.36. The van der Waals surface area contributed by atoms with Crippen LogP contribution in [0.2, 0.25) is 0 Å². The number of aliphatic hydroxyl groups excluding tert-OH is 2. The first kappa shape index (κ1) is 18.9. The smallest absolute Gasteiger partial charge is 0.198 e. The van der Waals surface area contributed by atoms with Crippen molar-refractivity contribution in [2.45, 2.75) is 30.6 Å². The average molecular weight is 385 g/mol. The van der Waals surface area contributed by atoms with Gasteiger partial charge in [0.1, 0.15) is 11.5 Å². The molecular weight excluding hydrogens is 362 g/mol. The maximum absolute atomic E-state index is 13.1. The Kier molecular flexibility index (Phi) is 3.88. The zero-order valence-electron chi connectivity index (χ0n) is 15.9. The number of ketones is 2. The minimum Gasteiger partial charge on any atom is -0.510 e. The van der Waals surface area contributed by atoms with Crippen molar-refractivity contribution < 1.29 is 30.0 Å². The standard InChI is InChI=1S/C21H23NO6/c1-20(27)11-7-5-4-6-10(11)18(25)16-12(20)8-13-17(22(2)3)14(23)9-15(24)21(13,28)19(16)26/h4-7,9,12-13,17,23,26-28H,8H2,1-3H3. The van der Waals surface area contributed by atoms with Gasteiger partial charge >= 0.3 is 0 Å². The monoisotopic (exact) mass is 385 g/mol. The van der Waals surface area contributed by atoms with Crippen LogP contribution in [-0.2, 0) is 10.4 Å². The first-order valence-corrected chi connectivity index (χ1v) is 9.16. The number of fused-ring (bicyclic) bond motifs is 3. The van der Waals surface area contributed by atoms with Gasteiger partial charge in [-0.1, -0.05) is 24.3 Å². The summed E-state index contributed by atoms with van der Waals surface area (Å²) in [5.74, 6) is -4.09. The molecule has 1 aromatic rings. The number of carbonyl (C=O) groups excluding carboxylic acids is 2. The molecule has 0 spiro atoms. The molecule has 28 heavy (non-hydrogen) atoms. The summed E-state index contributed by atoms with van der Waals surface area (Å²) in [6.45, 7) is 1.56. The predicted octanol–water partition coefficient (Wildman–Crippen LogP) is 1.22. The Morgan fingerprint density at radius 3 is 2.39 bits per heavy atom. The fraction of sp³-hybridized carbons (Fsp3) is 0.429. The van der Waals surface area contributed by atoms with E-state index in [2.05, 4.69) is 0 Å². The molecule has 7 nitrogen and oxygen atoms in total. The van der Waals surface area contributed by atoms with E-state index in [9.17, 15) is 30.0 Å². The lowest BCUT2D eigenvalue weighted by Gasteiger charge is -2.52. The Hall–Kier alpha value is -2.48. The predicted molar refractivity (Wildman–Crippen MR) is 99.7 cm³/mol. The highest BCUT2D eigenvalue weighted by molar-refractivity contribution is 6.13. The van der Waals surface area contributed by atoms with Crippen molar-refractivity contribution in [3.63, 3.8) is 0 Å². The molecule has 0 aromatic heterocycles. The van der Waals surface area contributed by atoms with Crippen LogP contribution in [0.15, 0.2) is 47.4 Å². The van der Waals surface area contributed by atoms with Crippen molar-refractivity contribution in [2.24, 2.45) is 11.8 Å². The van der Waals surface area contributed by atoms with Crippen LogP contribution in [0.1, 0.15) is 29.3 Å². The lowest BCUT2D eigenvalue weighted by molar-refractivity contribution is -0.149. The summed E-state index contributed by atoms with van der Waals surface area (Å²) in [4.78, 5) is 27.4. The average Bonchev–Trinajstić information content (AvgIpc) is 2.62. The molecule has 1 aromatic carbocycles. The van der Waals surface area contributed by atoms with E-state index in [1.54, 1.807) is 50.2 Å². The third kappa shape index (κ3) is 2.15. The van der Waals surface area contributed by atoms with Crippen LogP contribution in [0.3, 0.4) is 0 Å². The van der Waals surface area contributed by atoms with Crippen LogP contribution >= 0.6 is 0 Å². The molecule has 0 amide bonds. The van der Waals surface area contributed by atoms with E-state index in [-0.39, 0.29) is 23.3 Å². The molecule has 4 rings (SSSR count). The highest BCUT2D eigenvalue weighted by Gasteiger charge is 2.63. The third-order valence-electron chi connectivity index (χ3n) is 6.53. The summed E-state index contributed by atoms with van der Waals surface area (Å²) in [5.41, 5.74) is -3.28. The molecule has 0 radical (unpaired) electrons. The Morgan fingerprint density at radius 1 is 1.11 bits per heavy atom. The minimum atomic E-state index is -2.33. The normalized spacial score (nSPS) is 37.4. The molecule has 4 N–H and O–H groups in total. The number of hydrogen-bond donors (Lipinski definition) is 4. The second-order valence-electron chi connectivity index (χ2n) is 8.29. The number of likely N-dealkylation sites (N-methyl/N-ethyl adjacent to an activating group) is 1. The second kappa shape index (κ2) is 5.76. The number of benzene rings is 1. The van der Waals surface area contributed by atoms with Gasteiger partial charge in [0, 0.05) is 29.0 Å². The highest BCUT2D eigenvalue weighted by atomic mass is 16.3. The number of nitrogens with zero attached hydrogens (tertiary/aromatic N) is 1. The summed E-state index contributed by atoms with van der Waals surface area (Å²) >= 11 is 0. The van der Waals surface area contributed by atoms with E-state index >= 15 is 0 Å². The van der Waals surface area contributed by atoms with Gasteiger partial charge in [-0.2, -0.15) is 0 Å². The summed E-state index contributed by atoms with van der Waals surface area (Å²) < 4.78 is 0. The fourth-order valence-corrected chi connectivity index (χ4v) is 5.14. The molecule has 0 saturated heterocycles.